The molecule has 0 bridgehead atoms. The van der Waals surface area contributed by atoms with Crippen molar-refractivity contribution in [2.24, 2.45) is 0 Å². The summed E-state index contributed by atoms with van der Waals surface area (Å²) in [5.74, 6) is -27.4. The third-order valence-corrected chi connectivity index (χ3v) is 11.9. The highest BCUT2D eigenvalue weighted by Crippen LogP contribution is 2.22. The second-order valence-corrected chi connectivity index (χ2v) is 20.6. The van der Waals surface area contributed by atoms with E-state index < -0.39 is 182 Å². The Balaban J connectivity index is 2.35. The van der Waals surface area contributed by atoms with Gasteiger partial charge in [0.2, 0.25) is 11.8 Å². The average Bonchev–Trinajstić information content (AvgIpc) is 3.26. The van der Waals surface area contributed by atoms with E-state index in [0.29, 0.717) is 0 Å². The summed E-state index contributed by atoms with van der Waals surface area (Å²) in [5.41, 5.74) is -5.19. The van der Waals surface area contributed by atoms with Crippen molar-refractivity contribution in [1.29, 1.82) is 0 Å². The topological polar surface area (TPSA) is 495 Å². The maximum Gasteiger partial charge on any atom is 0.380 e. The minimum Gasteiger partial charge on any atom is -0.480 e. The molecule has 0 heterocycles. The fraction of sp³-hybridized carbons (Fsp3) is 0.263. The number of hydrogen-bond acceptors (Lipinski definition) is 20. The normalized spacial score (nSPS) is 13.4. The van der Waals surface area contributed by atoms with E-state index in [0.717, 1.165) is 0 Å². The van der Waals surface area contributed by atoms with Gasteiger partial charge < -0.3 is 41.0 Å². The summed E-state index contributed by atoms with van der Waals surface area (Å²) >= 11 is 0. The summed E-state index contributed by atoms with van der Waals surface area (Å²) in [4.78, 5) is 133. The van der Waals surface area contributed by atoms with Crippen molar-refractivity contribution in [1.82, 2.24) is 21.3 Å². The lowest BCUT2D eigenvalue weighted by Gasteiger charge is -2.22. The van der Waals surface area contributed by atoms with Gasteiger partial charge in [0.1, 0.15) is 60.4 Å². The molecule has 10 N–H and O–H groups in total. The van der Waals surface area contributed by atoms with Crippen molar-refractivity contribution >= 4 is 99.5 Å². The van der Waals surface area contributed by atoms with E-state index in [1.54, 1.807) is 10.6 Å². The fourth-order valence-corrected chi connectivity index (χ4v) is 8.33. The van der Waals surface area contributed by atoms with Crippen molar-refractivity contribution in [2.75, 3.05) is 23.0 Å². The highest BCUT2D eigenvalue weighted by Gasteiger charge is 2.38. The number of carboxylic acids is 2. The molecule has 0 aliphatic carbocycles. The number of ketones is 2. The molecule has 0 aromatic heterocycles. The summed E-state index contributed by atoms with van der Waals surface area (Å²) in [6.45, 7) is -1.40. The van der Waals surface area contributed by atoms with Gasteiger partial charge in [0.25, 0.3) is 63.9 Å². The van der Waals surface area contributed by atoms with Crippen LogP contribution < -0.4 is 21.3 Å². The number of nitrogens with one attached hydrogen (secondary N) is 4. The lowest BCUT2D eigenvalue weighted by atomic mass is 9.92. The number of amides is 4. The Morgan fingerprint density at radius 3 is 0.958 bits per heavy atom. The van der Waals surface area contributed by atoms with Crippen LogP contribution in [-0.4, -0.2) is 168 Å². The molecule has 3 aromatic carbocycles. The van der Waals surface area contributed by atoms with Gasteiger partial charge in [0.15, 0.2) is 0 Å². The summed E-state index contributed by atoms with van der Waals surface area (Å²) in [6.07, 6.45) is 0. The van der Waals surface area contributed by atoms with Crippen LogP contribution in [0.1, 0.15) is 52.6 Å². The number of carboxylic acid groups (broad SMARTS) is 2. The van der Waals surface area contributed by atoms with Gasteiger partial charge in [-0.1, -0.05) is 60.7 Å². The molecule has 390 valence electrons. The minimum absolute atomic E-state index is 0.124. The lowest BCUT2D eigenvalue weighted by molar-refractivity contribution is -0.141. The largest absolute Gasteiger partial charge is 0.480 e. The summed E-state index contributed by atoms with van der Waals surface area (Å²) < 4.78 is 141. The number of rotatable bonds is 26. The molecule has 72 heavy (non-hydrogen) atoms. The number of ether oxygens (including phenoxy) is 2. The molecule has 0 fully saturated rings. The Bertz CT molecular complexity index is 2900. The van der Waals surface area contributed by atoms with Crippen LogP contribution in [0.2, 0.25) is 0 Å². The zero-order chi connectivity index (χ0) is 54.5. The van der Waals surface area contributed by atoms with Gasteiger partial charge in [-0.2, -0.15) is 33.7 Å². The molecule has 30 nitrogen and oxygen atoms in total. The Labute approximate surface area is 405 Å². The first-order valence-electron chi connectivity index (χ1n) is 19.3. The molecule has 3 aromatic rings. The first-order chi connectivity index (χ1) is 33.1. The van der Waals surface area contributed by atoms with Crippen LogP contribution in [0.5, 0.6) is 0 Å². The molecule has 0 radical (unpaired) electrons. The monoisotopic (exact) mass is 1090 g/mol. The van der Waals surface area contributed by atoms with Gasteiger partial charge in [-0.05, 0) is 23.3 Å². The van der Waals surface area contributed by atoms with Gasteiger partial charge in [-0.15, -0.1) is 0 Å². The molecule has 2 unspecified atom stereocenters. The van der Waals surface area contributed by atoms with Crippen LogP contribution in [0.15, 0.2) is 72.8 Å². The minimum atomic E-state index is -5.46. The highest BCUT2D eigenvalue weighted by molar-refractivity contribution is 7.86. The van der Waals surface area contributed by atoms with Crippen molar-refractivity contribution in [3.05, 3.63) is 106 Å². The first kappa shape index (κ1) is 58.7. The molecule has 4 atom stereocenters. The number of carbonyl (C=O) groups excluding carboxylic acids is 8. The third kappa shape index (κ3) is 19.3. The molecule has 3 rings (SSSR count). The van der Waals surface area contributed by atoms with E-state index in [4.69, 9.17) is 18.6 Å². The third-order valence-electron chi connectivity index (χ3n) is 8.91. The van der Waals surface area contributed by atoms with Crippen LogP contribution in [0.25, 0.3) is 0 Å². The van der Waals surface area contributed by atoms with Crippen LogP contribution in [0.3, 0.4) is 0 Å². The molecule has 0 aliphatic rings. The zero-order valence-electron chi connectivity index (χ0n) is 36.0. The molecular weight excluding hydrogens is 1060 g/mol. The van der Waals surface area contributed by atoms with Crippen molar-refractivity contribution in [2.45, 2.75) is 37.4 Å². The number of benzene rings is 3. The standard InChI is InChI=1S/C38H38N4O26S4/c43-29(37(53)67-13-19-7-3-1-4-8-19)21-11-24(32(46)40-26(16-70(58,59)60)34(48)42-28(36(51)52)18-72(64,65)66)22(30(44)38(54)68-14-20-9-5-2-6-10-20)12-23(21)31(45)39-25(15-69(55,56)57)33(47)41-27(35(49)50)17-71(61,62)63/h1-12,25-28H,13-18H2,(H,39,45)(H,40,46)(H,41,47)(H,42,48)(H,49,50)(H,51,52)(H,55,56,57)(H,58,59,60)(H,61,62,63)(H,64,65,66)/t25?,26?,27-,28-/m1/s1. The van der Waals surface area contributed by atoms with E-state index >= 15 is 0 Å². The Kier molecular flexibility index (Phi) is 20.0. The fourth-order valence-electron chi connectivity index (χ4n) is 5.72. The van der Waals surface area contributed by atoms with Crippen molar-refractivity contribution in [3.63, 3.8) is 0 Å². The van der Waals surface area contributed by atoms with Crippen LogP contribution in [-0.2, 0) is 91.9 Å². The van der Waals surface area contributed by atoms with Gasteiger partial charge in [0, 0.05) is 11.1 Å². The predicted molar refractivity (Wildman–Crippen MR) is 235 cm³/mol. The van der Waals surface area contributed by atoms with Crippen LogP contribution in [0, 0.1) is 0 Å². The molecular formula is C38H38N4O26S4. The van der Waals surface area contributed by atoms with Gasteiger partial charge in [-0.3, -0.25) is 47.0 Å². The lowest BCUT2D eigenvalue weighted by Crippen LogP contribution is -2.56. The van der Waals surface area contributed by atoms with E-state index in [1.165, 1.54) is 71.3 Å². The van der Waals surface area contributed by atoms with Crippen LogP contribution in [0.4, 0.5) is 0 Å². The molecule has 4 amide bonds. The number of carbonyl (C=O) groups is 10. The molecule has 0 aliphatic heterocycles. The predicted octanol–water partition coefficient (Wildman–Crippen LogP) is -3.57. The maximum absolute atomic E-state index is 14.1. The van der Waals surface area contributed by atoms with Crippen LogP contribution >= 0.6 is 0 Å². The number of Topliss-reactive ketones (excluding diaryl/α,β-unsaturated/α-hetero) is 2. The molecule has 34 heteroatoms. The Morgan fingerprint density at radius 1 is 0.417 bits per heavy atom. The maximum atomic E-state index is 14.1. The van der Waals surface area contributed by atoms with E-state index in [2.05, 4.69) is 0 Å². The van der Waals surface area contributed by atoms with Gasteiger partial charge in [0.05, 0.1) is 11.1 Å². The Morgan fingerprint density at radius 2 is 0.694 bits per heavy atom. The molecule has 0 spiro atoms. The second-order valence-electron chi connectivity index (χ2n) is 14.6. The number of esters is 2. The van der Waals surface area contributed by atoms with Crippen molar-refractivity contribution in [3.8, 4) is 0 Å². The van der Waals surface area contributed by atoms with E-state index in [9.17, 15) is 101 Å². The Hall–Kier alpha value is -7.60. The average molecular weight is 1090 g/mol. The molecule has 0 saturated carbocycles. The van der Waals surface area contributed by atoms with E-state index in [-0.39, 0.29) is 23.3 Å². The molecule has 0 saturated heterocycles. The summed E-state index contributed by atoms with van der Waals surface area (Å²) in [7, 11) is -21.4. The van der Waals surface area contributed by atoms with Crippen molar-refractivity contribution < 1.29 is 120 Å². The second kappa shape index (κ2) is 24.5. The zero-order valence-corrected chi connectivity index (χ0v) is 39.2. The summed E-state index contributed by atoms with van der Waals surface area (Å²) in [6, 6.07) is 4.04. The quantitative estimate of drug-likeness (QED) is 0.0161. The SMILES string of the molecule is O=C(OCc1ccccc1)C(=O)c1cc(C(=O)NC(CS(=O)(=O)O)C(=O)N[C@H](CS(=O)(=O)O)C(=O)O)c(C(=O)C(=O)OCc2ccccc2)cc1C(=O)NC(CS(=O)(=O)O)C(=O)N[C@H](CS(=O)(=O)O)C(=O)O. The smallest absolute Gasteiger partial charge is 0.380 e. The van der Waals surface area contributed by atoms with Gasteiger partial charge >= 0.3 is 23.9 Å². The van der Waals surface area contributed by atoms with E-state index in [1.807, 2.05) is 0 Å². The summed E-state index contributed by atoms with van der Waals surface area (Å²) in [5, 5.41) is 25.0. The number of aliphatic carboxylic acids is 2. The first-order valence-corrected chi connectivity index (χ1v) is 25.8. The van der Waals surface area contributed by atoms with Gasteiger partial charge in [-0.25, -0.2) is 19.2 Å². The number of hydrogen-bond donors (Lipinski definition) is 10. The highest BCUT2D eigenvalue weighted by atomic mass is 32.2.